The Labute approximate surface area is 133 Å². The van der Waals surface area contributed by atoms with E-state index in [2.05, 4.69) is 32.2 Å². The number of ether oxygens (including phenoxy) is 1. The molecule has 0 unspecified atom stereocenters. The minimum Gasteiger partial charge on any atom is -0.416 e. The van der Waals surface area contributed by atoms with Crippen molar-refractivity contribution in [3.05, 3.63) is 48.8 Å². The molecule has 0 amide bonds. The molecular weight excluding hydrogens is 292 g/mol. The fourth-order valence-corrected chi connectivity index (χ4v) is 2.59. The van der Waals surface area contributed by atoms with Gasteiger partial charge in [0.1, 0.15) is 0 Å². The van der Waals surface area contributed by atoms with Crippen LogP contribution in [0.5, 0.6) is 0 Å². The molecule has 2 aromatic heterocycles. The van der Waals surface area contributed by atoms with Crippen LogP contribution in [0.25, 0.3) is 22.9 Å². The number of anilines is 1. The summed E-state index contributed by atoms with van der Waals surface area (Å²) in [4.78, 5) is 6.30. The highest BCUT2D eigenvalue weighted by atomic mass is 16.5. The first-order chi connectivity index (χ1) is 11.4. The minimum absolute atomic E-state index is 0.500. The number of hydrogen-bond donors (Lipinski definition) is 0. The monoisotopic (exact) mass is 308 g/mol. The summed E-state index contributed by atoms with van der Waals surface area (Å²) in [6, 6.07) is 11.9. The van der Waals surface area contributed by atoms with E-state index in [1.807, 2.05) is 24.3 Å². The van der Waals surface area contributed by atoms with E-state index in [0.717, 1.165) is 37.4 Å². The third-order valence-corrected chi connectivity index (χ3v) is 3.84. The van der Waals surface area contributed by atoms with E-state index < -0.39 is 0 Å². The first-order valence-corrected chi connectivity index (χ1v) is 7.57. The van der Waals surface area contributed by atoms with Crippen molar-refractivity contribution in [2.45, 2.75) is 0 Å². The summed E-state index contributed by atoms with van der Waals surface area (Å²) in [7, 11) is 0. The van der Waals surface area contributed by atoms with Gasteiger partial charge in [-0.3, -0.25) is 4.98 Å². The predicted octanol–water partition coefficient (Wildman–Crippen LogP) is 2.64. The van der Waals surface area contributed by atoms with Crippen LogP contribution in [-0.2, 0) is 4.74 Å². The molecule has 1 aromatic carbocycles. The fraction of sp³-hybridized carbons (Fsp3) is 0.235. The molecule has 0 radical (unpaired) electrons. The normalized spacial score (nSPS) is 14.9. The minimum atomic E-state index is 0.500. The number of pyridine rings is 1. The van der Waals surface area contributed by atoms with E-state index in [1.165, 1.54) is 5.69 Å². The smallest absolute Gasteiger partial charge is 0.248 e. The molecule has 0 spiro atoms. The molecule has 3 aromatic rings. The highest BCUT2D eigenvalue weighted by molar-refractivity contribution is 5.61. The molecule has 0 atom stereocenters. The molecule has 6 heteroatoms. The van der Waals surface area contributed by atoms with Crippen LogP contribution in [0.3, 0.4) is 0 Å². The van der Waals surface area contributed by atoms with Crippen LogP contribution < -0.4 is 4.90 Å². The van der Waals surface area contributed by atoms with Gasteiger partial charge in [0.2, 0.25) is 11.8 Å². The number of benzene rings is 1. The van der Waals surface area contributed by atoms with Gasteiger partial charge in [-0.25, -0.2) is 0 Å². The zero-order chi connectivity index (χ0) is 15.5. The molecule has 1 aliphatic rings. The molecule has 4 rings (SSSR count). The van der Waals surface area contributed by atoms with Crippen LogP contribution in [0.2, 0.25) is 0 Å². The number of nitrogens with zero attached hydrogens (tertiary/aromatic N) is 4. The molecular formula is C17H16N4O2. The summed E-state index contributed by atoms with van der Waals surface area (Å²) in [5.41, 5.74) is 2.96. The highest BCUT2D eigenvalue weighted by Crippen LogP contribution is 2.25. The first-order valence-electron chi connectivity index (χ1n) is 7.57. The van der Waals surface area contributed by atoms with Gasteiger partial charge in [0.25, 0.3) is 0 Å². The van der Waals surface area contributed by atoms with Crippen LogP contribution >= 0.6 is 0 Å². The summed E-state index contributed by atoms with van der Waals surface area (Å²) < 4.78 is 11.1. The van der Waals surface area contributed by atoms with Gasteiger partial charge in [0, 0.05) is 42.3 Å². The van der Waals surface area contributed by atoms with Crippen LogP contribution in [0.1, 0.15) is 0 Å². The number of rotatable bonds is 3. The van der Waals surface area contributed by atoms with Crippen molar-refractivity contribution in [3.63, 3.8) is 0 Å². The van der Waals surface area contributed by atoms with Gasteiger partial charge in [-0.2, -0.15) is 0 Å². The topological polar surface area (TPSA) is 64.3 Å². The molecule has 116 valence electrons. The summed E-state index contributed by atoms with van der Waals surface area (Å²) in [6.07, 6.45) is 3.41. The second-order valence-electron chi connectivity index (χ2n) is 5.29. The molecule has 1 saturated heterocycles. The van der Waals surface area contributed by atoms with Gasteiger partial charge in [0.15, 0.2) is 0 Å². The quantitative estimate of drug-likeness (QED) is 0.741. The van der Waals surface area contributed by atoms with E-state index in [-0.39, 0.29) is 0 Å². The second kappa shape index (κ2) is 6.18. The van der Waals surface area contributed by atoms with Gasteiger partial charge in [-0.05, 0) is 36.4 Å². The fourth-order valence-electron chi connectivity index (χ4n) is 2.59. The molecule has 6 nitrogen and oxygen atoms in total. The predicted molar refractivity (Wildman–Crippen MR) is 86.0 cm³/mol. The van der Waals surface area contributed by atoms with E-state index >= 15 is 0 Å². The van der Waals surface area contributed by atoms with Gasteiger partial charge in [-0.15, -0.1) is 10.2 Å². The van der Waals surface area contributed by atoms with E-state index in [9.17, 15) is 0 Å². The average molecular weight is 308 g/mol. The summed E-state index contributed by atoms with van der Waals surface area (Å²) in [5, 5.41) is 8.24. The van der Waals surface area contributed by atoms with Crippen molar-refractivity contribution in [3.8, 4) is 22.9 Å². The highest BCUT2D eigenvalue weighted by Gasteiger charge is 2.13. The summed E-state index contributed by atoms with van der Waals surface area (Å²) in [5.74, 6) is 1.02. The average Bonchev–Trinajstić information content (AvgIpc) is 3.14. The standard InChI is InChI=1S/C17H16N4O2/c1-3-15(21-9-11-22-12-10-21)4-2-13(1)16-19-20-17(23-16)14-5-7-18-8-6-14/h1-8H,9-12H2. The zero-order valence-electron chi connectivity index (χ0n) is 12.6. The maximum Gasteiger partial charge on any atom is 0.248 e. The molecule has 1 aliphatic heterocycles. The summed E-state index contributed by atoms with van der Waals surface area (Å²) in [6.45, 7) is 3.40. The second-order valence-corrected chi connectivity index (χ2v) is 5.29. The third kappa shape index (κ3) is 2.93. The molecule has 3 heterocycles. The van der Waals surface area contributed by atoms with Crippen LogP contribution in [0.4, 0.5) is 5.69 Å². The van der Waals surface area contributed by atoms with Crippen molar-refractivity contribution < 1.29 is 9.15 Å². The Morgan fingerprint density at radius 3 is 2.04 bits per heavy atom. The maximum absolute atomic E-state index is 5.76. The van der Waals surface area contributed by atoms with Crippen LogP contribution in [-0.4, -0.2) is 41.5 Å². The molecule has 0 N–H and O–H groups in total. The van der Waals surface area contributed by atoms with Crippen LogP contribution in [0, 0.1) is 0 Å². The Kier molecular flexibility index (Phi) is 3.73. The Bertz CT molecular complexity index is 765. The third-order valence-electron chi connectivity index (χ3n) is 3.84. The molecule has 23 heavy (non-hydrogen) atoms. The maximum atomic E-state index is 5.76. The van der Waals surface area contributed by atoms with Crippen molar-refractivity contribution >= 4 is 5.69 Å². The molecule has 0 saturated carbocycles. The van der Waals surface area contributed by atoms with Crippen molar-refractivity contribution in [1.29, 1.82) is 0 Å². The van der Waals surface area contributed by atoms with Crippen molar-refractivity contribution in [2.75, 3.05) is 31.2 Å². The lowest BCUT2D eigenvalue weighted by molar-refractivity contribution is 0.122. The number of aromatic nitrogens is 3. The van der Waals surface area contributed by atoms with Gasteiger partial charge in [-0.1, -0.05) is 0 Å². The number of hydrogen-bond acceptors (Lipinski definition) is 6. The molecule has 0 bridgehead atoms. The Morgan fingerprint density at radius 2 is 1.39 bits per heavy atom. The van der Waals surface area contributed by atoms with E-state index in [1.54, 1.807) is 12.4 Å². The van der Waals surface area contributed by atoms with Crippen LogP contribution in [0.15, 0.2) is 53.2 Å². The Hall–Kier alpha value is -2.73. The van der Waals surface area contributed by atoms with Crippen molar-refractivity contribution in [1.82, 2.24) is 15.2 Å². The SMILES string of the molecule is c1cc(-c2nnc(-c3ccc(N4CCOCC4)cc3)o2)ccn1. The lowest BCUT2D eigenvalue weighted by atomic mass is 10.2. The van der Waals surface area contributed by atoms with Crippen molar-refractivity contribution in [2.24, 2.45) is 0 Å². The largest absolute Gasteiger partial charge is 0.416 e. The first kappa shape index (κ1) is 13.9. The van der Waals surface area contributed by atoms with Gasteiger partial charge in [0.05, 0.1) is 13.2 Å². The number of morpholine rings is 1. The van der Waals surface area contributed by atoms with Gasteiger partial charge >= 0.3 is 0 Å². The van der Waals surface area contributed by atoms with E-state index in [0.29, 0.717) is 11.8 Å². The molecule has 0 aliphatic carbocycles. The van der Waals surface area contributed by atoms with E-state index in [4.69, 9.17) is 9.15 Å². The molecule has 1 fully saturated rings. The zero-order valence-corrected chi connectivity index (χ0v) is 12.6. The Balaban J connectivity index is 1.55. The lowest BCUT2D eigenvalue weighted by Crippen LogP contribution is -2.36. The van der Waals surface area contributed by atoms with Gasteiger partial charge < -0.3 is 14.1 Å². The Morgan fingerprint density at radius 1 is 0.783 bits per heavy atom. The summed E-state index contributed by atoms with van der Waals surface area (Å²) >= 11 is 0. The lowest BCUT2D eigenvalue weighted by Gasteiger charge is -2.28.